The molecule has 1 aliphatic heterocycles. The van der Waals surface area contributed by atoms with Gasteiger partial charge in [0.05, 0.1) is 30.7 Å². The molecule has 0 aliphatic carbocycles. The number of thioether (sulfide) groups is 1. The summed E-state index contributed by atoms with van der Waals surface area (Å²) in [7, 11) is 1.54. The van der Waals surface area contributed by atoms with Gasteiger partial charge in [0.1, 0.15) is 11.6 Å². The van der Waals surface area contributed by atoms with Crippen molar-refractivity contribution in [1.82, 2.24) is 4.90 Å². The lowest BCUT2D eigenvalue weighted by Crippen LogP contribution is -2.27. The average Bonchev–Trinajstić information content (AvgIpc) is 3.14. The molecule has 4 rings (SSSR count). The number of carbonyl (C=O) groups excluding carboxylic acids is 3. The van der Waals surface area contributed by atoms with Crippen LogP contribution in [0.15, 0.2) is 71.6 Å². The van der Waals surface area contributed by atoms with Gasteiger partial charge in [-0.1, -0.05) is 18.2 Å². The molecule has 0 N–H and O–H groups in total. The van der Waals surface area contributed by atoms with Crippen LogP contribution >= 0.6 is 11.8 Å². The van der Waals surface area contributed by atoms with E-state index >= 15 is 0 Å². The quantitative estimate of drug-likeness (QED) is 0.220. The van der Waals surface area contributed by atoms with Crippen molar-refractivity contribution in [2.24, 2.45) is 0 Å². The van der Waals surface area contributed by atoms with E-state index in [1.807, 2.05) is 0 Å². The molecule has 0 atom stereocenters. The molecule has 0 saturated carbocycles. The SMILES string of the molecule is CCOc1cc(/C=C2\SC(=O)N(Cc3ccc(F)cc3)C2=O)ccc1OC(=O)c1ccc(OC)cc1. The summed E-state index contributed by atoms with van der Waals surface area (Å²) in [6.45, 7) is 2.17. The van der Waals surface area contributed by atoms with Gasteiger partial charge in [0.25, 0.3) is 11.1 Å². The molecule has 7 nitrogen and oxygen atoms in total. The molecule has 0 radical (unpaired) electrons. The Morgan fingerprint density at radius 3 is 2.39 bits per heavy atom. The third-order valence-electron chi connectivity index (χ3n) is 5.22. The normalized spacial score (nSPS) is 14.3. The topological polar surface area (TPSA) is 82.1 Å². The van der Waals surface area contributed by atoms with E-state index in [-0.39, 0.29) is 17.2 Å². The summed E-state index contributed by atoms with van der Waals surface area (Å²) in [5.74, 6) is -0.238. The lowest BCUT2D eigenvalue weighted by Gasteiger charge is -2.12. The summed E-state index contributed by atoms with van der Waals surface area (Å²) in [5, 5.41) is -0.411. The van der Waals surface area contributed by atoms with E-state index in [2.05, 4.69) is 0 Å². The summed E-state index contributed by atoms with van der Waals surface area (Å²) in [6, 6.07) is 17.0. The number of benzene rings is 3. The lowest BCUT2D eigenvalue weighted by atomic mass is 10.1. The van der Waals surface area contributed by atoms with Gasteiger partial charge in [-0.15, -0.1) is 0 Å². The molecule has 1 heterocycles. The molecule has 2 amide bonds. The van der Waals surface area contributed by atoms with E-state index in [9.17, 15) is 18.8 Å². The van der Waals surface area contributed by atoms with Crippen LogP contribution in [0.4, 0.5) is 9.18 Å². The smallest absolute Gasteiger partial charge is 0.343 e. The Bertz CT molecular complexity index is 1320. The highest BCUT2D eigenvalue weighted by molar-refractivity contribution is 8.18. The third-order valence-corrected chi connectivity index (χ3v) is 6.13. The minimum atomic E-state index is -0.562. The van der Waals surface area contributed by atoms with Gasteiger partial charge in [-0.05, 0) is 84.4 Å². The van der Waals surface area contributed by atoms with Crippen LogP contribution in [0.2, 0.25) is 0 Å². The Balaban J connectivity index is 1.51. The Morgan fingerprint density at radius 1 is 1.00 bits per heavy atom. The molecule has 1 fully saturated rings. The van der Waals surface area contributed by atoms with Crippen LogP contribution in [0.1, 0.15) is 28.4 Å². The molecule has 3 aromatic rings. The number of ether oxygens (including phenoxy) is 3. The first kappa shape index (κ1) is 25.0. The van der Waals surface area contributed by atoms with Crippen molar-refractivity contribution in [2.45, 2.75) is 13.5 Å². The fourth-order valence-electron chi connectivity index (χ4n) is 3.41. The third kappa shape index (κ3) is 5.75. The van der Waals surface area contributed by atoms with E-state index < -0.39 is 22.9 Å². The number of nitrogens with zero attached hydrogens (tertiary/aromatic N) is 1. The first-order valence-corrected chi connectivity index (χ1v) is 11.8. The highest BCUT2D eigenvalue weighted by Crippen LogP contribution is 2.35. The number of imide groups is 1. The van der Waals surface area contributed by atoms with Crippen molar-refractivity contribution in [3.05, 3.63) is 94.1 Å². The maximum absolute atomic E-state index is 13.2. The van der Waals surface area contributed by atoms with E-state index in [1.165, 1.54) is 31.4 Å². The second-order valence-corrected chi connectivity index (χ2v) is 8.64. The summed E-state index contributed by atoms with van der Waals surface area (Å²) >= 11 is 0.821. The monoisotopic (exact) mass is 507 g/mol. The van der Waals surface area contributed by atoms with Crippen molar-refractivity contribution in [1.29, 1.82) is 0 Å². The van der Waals surface area contributed by atoms with E-state index in [1.54, 1.807) is 55.5 Å². The summed E-state index contributed by atoms with van der Waals surface area (Å²) < 4.78 is 29.4. The molecule has 0 unspecified atom stereocenters. The number of carbonyl (C=O) groups is 3. The van der Waals surface area contributed by atoms with Crippen molar-refractivity contribution < 1.29 is 33.0 Å². The number of hydrogen-bond donors (Lipinski definition) is 0. The Kier molecular flexibility index (Phi) is 7.70. The van der Waals surface area contributed by atoms with Crippen LogP contribution in [0.25, 0.3) is 6.08 Å². The molecule has 0 spiro atoms. The van der Waals surface area contributed by atoms with Crippen LogP contribution < -0.4 is 14.2 Å². The maximum Gasteiger partial charge on any atom is 0.343 e. The molecule has 3 aromatic carbocycles. The van der Waals surface area contributed by atoms with Crippen LogP contribution in [-0.4, -0.2) is 35.7 Å². The van der Waals surface area contributed by atoms with Gasteiger partial charge in [0.2, 0.25) is 0 Å². The van der Waals surface area contributed by atoms with E-state index in [0.29, 0.717) is 34.8 Å². The standard InChI is InChI=1S/C27H22FNO6S/c1-3-34-23-14-18(6-13-22(23)35-26(31)19-7-11-21(33-2)12-8-19)15-24-25(30)29(27(32)36-24)16-17-4-9-20(28)10-5-17/h4-15H,3,16H2,1-2H3/b24-15-. The van der Waals surface area contributed by atoms with Gasteiger partial charge in [0.15, 0.2) is 11.5 Å². The maximum atomic E-state index is 13.2. The predicted molar refractivity (Wildman–Crippen MR) is 133 cm³/mol. The Morgan fingerprint density at radius 2 is 1.72 bits per heavy atom. The molecule has 1 aliphatic rings. The number of halogens is 1. The molecule has 9 heteroatoms. The van der Waals surface area contributed by atoms with Gasteiger partial charge in [0, 0.05) is 0 Å². The molecule has 36 heavy (non-hydrogen) atoms. The fourth-order valence-corrected chi connectivity index (χ4v) is 4.25. The number of rotatable bonds is 8. The number of hydrogen-bond acceptors (Lipinski definition) is 7. The first-order chi connectivity index (χ1) is 17.4. The fraction of sp³-hybridized carbons (Fsp3) is 0.148. The van der Waals surface area contributed by atoms with Gasteiger partial charge >= 0.3 is 5.97 Å². The highest BCUT2D eigenvalue weighted by atomic mass is 32.2. The Hall–Kier alpha value is -4.11. The second kappa shape index (κ2) is 11.1. The zero-order valence-electron chi connectivity index (χ0n) is 19.5. The zero-order chi connectivity index (χ0) is 25.7. The average molecular weight is 508 g/mol. The number of amides is 2. The molecule has 1 saturated heterocycles. The molecule has 0 aromatic heterocycles. The zero-order valence-corrected chi connectivity index (χ0v) is 20.3. The first-order valence-electron chi connectivity index (χ1n) is 11.0. The van der Waals surface area contributed by atoms with Crippen LogP contribution in [0, 0.1) is 5.82 Å². The summed E-state index contributed by atoms with van der Waals surface area (Å²) in [6.07, 6.45) is 1.58. The van der Waals surface area contributed by atoms with Crippen molar-refractivity contribution in [3.8, 4) is 17.2 Å². The van der Waals surface area contributed by atoms with Crippen LogP contribution in [-0.2, 0) is 11.3 Å². The molecular formula is C27H22FNO6S. The highest BCUT2D eigenvalue weighted by Gasteiger charge is 2.35. The molecule has 0 bridgehead atoms. The van der Waals surface area contributed by atoms with Gasteiger partial charge in [-0.3, -0.25) is 14.5 Å². The van der Waals surface area contributed by atoms with Gasteiger partial charge < -0.3 is 14.2 Å². The number of esters is 1. The second-order valence-electron chi connectivity index (χ2n) is 7.65. The largest absolute Gasteiger partial charge is 0.497 e. The van der Waals surface area contributed by atoms with Crippen molar-refractivity contribution in [2.75, 3.05) is 13.7 Å². The molecule has 184 valence electrons. The van der Waals surface area contributed by atoms with Gasteiger partial charge in [-0.2, -0.15) is 0 Å². The van der Waals surface area contributed by atoms with E-state index in [4.69, 9.17) is 14.2 Å². The summed E-state index contributed by atoms with van der Waals surface area (Å²) in [4.78, 5) is 39.2. The minimum absolute atomic E-state index is 0.0483. The van der Waals surface area contributed by atoms with Gasteiger partial charge in [-0.25, -0.2) is 9.18 Å². The molecular weight excluding hydrogens is 485 g/mol. The Labute approximate surface area is 211 Å². The summed E-state index contributed by atoms with van der Waals surface area (Å²) in [5.41, 5.74) is 1.58. The lowest BCUT2D eigenvalue weighted by molar-refractivity contribution is -0.123. The minimum Gasteiger partial charge on any atom is -0.497 e. The number of methoxy groups -OCH3 is 1. The predicted octanol–water partition coefficient (Wildman–Crippen LogP) is 5.69. The van der Waals surface area contributed by atoms with E-state index in [0.717, 1.165) is 16.7 Å². The van der Waals surface area contributed by atoms with Crippen LogP contribution in [0.5, 0.6) is 17.2 Å². The van der Waals surface area contributed by atoms with Crippen molar-refractivity contribution in [3.63, 3.8) is 0 Å². The van der Waals surface area contributed by atoms with Crippen molar-refractivity contribution >= 4 is 35.0 Å². The van der Waals surface area contributed by atoms with Crippen LogP contribution in [0.3, 0.4) is 0 Å².